The van der Waals surface area contributed by atoms with Crippen molar-refractivity contribution in [1.82, 2.24) is 10.2 Å². The first-order valence-electron chi connectivity index (χ1n) is 4.71. The lowest BCUT2D eigenvalue weighted by atomic mass is 9.93. The molecule has 0 bridgehead atoms. The number of amides is 1. The van der Waals surface area contributed by atoms with E-state index in [0.29, 0.717) is 12.1 Å². The molecule has 3 nitrogen and oxygen atoms in total. The zero-order chi connectivity index (χ0) is 8.60. The highest BCUT2D eigenvalue weighted by Crippen LogP contribution is 2.34. The average molecular weight is 168 g/mol. The molecule has 0 aromatic heterocycles. The zero-order valence-corrected chi connectivity index (χ0v) is 7.60. The van der Waals surface area contributed by atoms with Gasteiger partial charge in [-0.05, 0) is 19.9 Å². The molecule has 1 heterocycles. The molecule has 0 aromatic carbocycles. The van der Waals surface area contributed by atoms with E-state index in [4.69, 9.17) is 0 Å². The van der Waals surface area contributed by atoms with E-state index in [0.717, 1.165) is 6.54 Å². The number of rotatable bonds is 0. The summed E-state index contributed by atoms with van der Waals surface area (Å²) in [5.74, 6) is 0.176. The van der Waals surface area contributed by atoms with E-state index in [2.05, 4.69) is 17.3 Å². The van der Waals surface area contributed by atoms with E-state index in [1.807, 2.05) is 0 Å². The van der Waals surface area contributed by atoms with Gasteiger partial charge in [-0.25, -0.2) is 0 Å². The van der Waals surface area contributed by atoms with Crippen LogP contribution in [0.3, 0.4) is 0 Å². The predicted octanol–water partition coefficient (Wildman–Crippen LogP) is 0.361. The van der Waals surface area contributed by atoms with E-state index < -0.39 is 0 Å². The van der Waals surface area contributed by atoms with Crippen LogP contribution in [0.2, 0.25) is 0 Å². The molecule has 3 heteroatoms. The topological polar surface area (TPSA) is 32.3 Å². The van der Waals surface area contributed by atoms with Gasteiger partial charge in [0.25, 0.3) is 0 Å². The molecule has 0 unspecified atom stereocenters. The maximum atomic E-state index is 11.1. The van der Waals surface area contributed by atoms with Crippen molar-refractivity contribution in [2.75, 3.05) is 20.1 Å². The number of carbonyl (C=O) groups is 1. The molecule has 0 radical (unpaired) electrons. The van der Waals surface area contributed by atoms with Crippen molar-refractivity contribution in [3.05, 3.63) is 0 Å². The molecular formula is C9H16N2O. The smallest absolute Gasteiger partial charge is 0.234 e. The molecule has 68 valence electrons. The van der Waals surface area contributed by atoms with Crippen molar-refractivity contribution in [2.24, 2.45) is 0 Å². The van der Waals surface area contributed by atoms with Gasteiger partial charge in [0.1, 0.15) is 0 Å². The van der Waals surface area contributed by atoms with Gasteiger partial charge in [0, 0.05) is 12.1 Å². The summed E-state index contributed by atoms with van der Waals surface area (Å²) in [5.41, 5.74) is 0.313. The fourth-order valence-corrected chi connectivity index (χ4v) is 2.43. The molecule has 0 atom stereocenters. The number of carbonyl (C=O) groups excluding carboxylic acids is 1. The first-order chi connectivity index (χ1) is 5.73. The van der Waals surface area contributed by atoms with Crippen LogP contribution in [0.4, 0.5) is 0 Å². The molecule has 1 spiro atoms. The summed E-state index contributed by atoms with van der Waals surface area (Å²) in [6.07, 6.45) is 5.15. The predicted molar refractivity (Wildman–Crippen MR) is 46.8 cm³/mol. The van der Waals surface area contributed by atoms with E-state index in [-0.39, 0.29) is 5.91 Å². The van der Waals surface area contributed by atoms with Gasteiger partial charge >= 0.3 is 0 Å². The van der Waals surface area contributed by atoms with Crippen molar-refractivity contribution in [3.8, 4) is 0 Å². The van der Waals surface area contributed by atoms with Crippen LogP contribution in [0.25, 0.3) is 0 Å². The second kappa shape index (κ2) is 2.73. The van der Waals surface area contributed by atoms with Gasteiger partial charge in [0.05, 0.1) is 6.54 Å². The van der Waals surface area contributed by atoms with Crippen LogP contribution in [0.5, 0.6) is 0 Å². The highest BCUT2D eigenvalue weighted by molar-refractivity contribution is 5.79. The van der Waals surface area contributed by atoms with Crippen molar-refractivity contribution in [3.63, 3.8) is 0 Å². The maximum absolute atomic E-state index is 11.1. The molecule has 1 saturated heterocycles. The molecule has 1 aliphatic heterocycles. The maximum Gasteiger partial charge on any atom is 0.234 e. The third-order valence-corrected chi connectivity index (χ3v) is 3.34. The summed E-state index contributed by atoms with van der Waals surface area (Å²) in [5, 5.41) is 2.96. The third-order valence-electron chi connectivity index (χ3n) is 3.34. The number of hydrogen-bond acceptors (Lipinski definition) is 2. The SMILES string of the molecule is CN1CC(=O)NCC12CCCC2. The summed E-state index contributed by atoms with van der Waals surface area (Å²) in [7, 11) is 2.07. The van der Waals surface area contributed by atoms with Gasteiger partial charge in [0.2, 0.25) is 5.91 Å². The number of nitrogens with one attached hydrogen (secondary N) is 1. The Kier molecular flexibility index (Phi) is 1.83. The van der Waals surface area contributed by atoms with E-state index in [1.165, 1.54) is 25.7 Å². The van der Waals surface area contributed by atoms with Crippen LogP contribution in [0.1, 0.15) is 25.7 Å². The summed E-state index contributed by atoms with van der Waals surface area (Å²) < 4.78 is 0. The Hall–Kier alpha value is -0.570. The van der Waals surface area contributed by atoms with Gasteiger partial charge in [-0.3, -0.25) is 9.69 Å². The summed E-state index contributed by atoms with van der Waals surface area (Å²) in [6.45, 7) is 1.45. The molecule has 2 aliphatic rings. The van der Waals surface area contributed by atoms with E-state index in [1.54, 1.807) is 0 Å². The minimum Gasteiger partial charge on any atom is -0.353 e. The highest BCUT2D eigenvalue weighted by atomic mass is 16.2. The average Bonchev–Trinajstić information content (AvgIpc) is 2.48. The Labute approximate surface area is 73.1 Å². The minimum absolute atomic E-state index is 0.176. The largest absolute Gasteiger partial charge is 0.353 e. The van der Waals surface area contributed by atoms with Crippen molar-refractivity contribution in [2.45, 2.75) is 31.2 Å². The molecule has 1 aliphatic carbocycles. The molecule has 1 N–H and O–H groups in total. The second-order valence-electron chi connectivity index (χ2n) is 4.06. The minimum atomic E-state index is 0.176. The van der Waals surface area contributed by atoms with Crippen molar-refractivity contribution < 1.29 is 4.79 Å². The summed E-state index contributed by atoms with van der Waals surface area (Å²) in [6, 6.07) is 0. The molecule has 0 aromatic rings. The fourth-order valence-electron chi connectivity index (χ4n) is 2.43. The number of likely N-dealkylation sites (N-methyl/N-ethyl adjacent to an activating group) is 1. The molecule has 2 rings (SSSR count). The lowest BCUT2D eigenvalue weighted by Crippen LogP contribution is -2.60. The third kappa shape index (κ3) is 1.12. The molecule has 2 fully saturated rings. The van der Waals surface area contributed by atoms with Gasteiger partial charge in [-0.15, -0.1) is 0 Å². The van der Waals surface area contributed by atoms with E-state index in [9.17, 15) is 4.79 Å². The summed E-state index contributed by atoms with van der Waals surface area (Å²) >= 11 is 0. The molecular weight excluding hydrogens is 152 g/mol. The molecule has 1 amide bonds. The number of hydrogen-bond donors (Lipinski definition) is 1. The molecule has 12 heavy (non-hydrogen) atoms. The standard InChI is InChI=1S/C9H16N2O/c1-11-6-8(12)10-7-9(11)4-2-3-5-9/h2-7H2,1H3,(H,10,12). The Morgan fingerprint density at radius 1 is 1.42 bits per heavy atom. The molecule has 1 saturated carbocycles. The van der Waals surface area contributed by atoms with Gasteiger partial charge in [0.15, 0.2) is 0 Å². The Morgan fingerprint density at radius 2 is 2.08 bits per heavy atom. The van der Waals surface area contributed by atoms with Gasteiger partial charge in [-0.1, -0.05) is 12.8 Å². The zero-order valence-electron chi connectivity index (χ0n) is 7.60. The van der Waals surface area contributed by atoms with Gasteiger partial charge < -0.3 is 5.32 Å². The number of piperazine rings is 1. The van der Waals surface area contributed by atoms with Crippen molar-refractivity contribution in [1.29, 1.82) is 0 Å². The number of nitrogens with zero attached hydrogens (tertiary/aromatic N) is 1. The fraction of sp³-hybridized carbons (Fsp3) is 0.889. The monoisotopic (exact) mass is 168 g/mol. The normalized spacial score (nSPS) is 29.2. The van der Waals surface area contributed by atoms with Crippen LogP contribution in [0, 0.1) is 0 Å². The first kappa shape index (κ1) is 8.05. The second-order valence-corrected chi connectivity index (χ2v) is 4.06. The highest BCUT2D eigenvalue weighted by Gasteiger charge is 2.41. The lowest BCUT2D eigenvalue weighted by molar-refractivity contribution is -0.127. The summed E-state index contributed by atoms with van der Waals surface area (Å²) in [4.78, 5) is 13.3. The Morgan fingerprint density at radius 3 is 2.67 bits per heavy atom. The first-order valence-corrected chi connectivity index (χ1v) is 4.71. The van der Waals surface area contributed by atoms with E-state index >= 15 is 0 Å². The van der Waals surface area contributed by atoms with Crippen LogP contribution < -0.4 is 5.32 Å². The van der Waals surface area contributed by atoms with Gasteiger partial charge in [-0.2, -0.15) is 0 Å². The van der Waals surface area contributed by atoms with Crippen molar-refractivity contribution >= 4 is 5.91 Å². The van der Waals surface area contributed by atoms with Crippen LogP contribution in [0.15, 0.2) is 0 Å². The quantitative estimate of drug-likeness (QED) is 0.566. The van der Waals surface area contributed by atoms with Crippen LogP contribution in [-0.4, -0.2) is 36.5 Å². The Balaban J connectivity index is 2.10. The van der Waals surface area contributed by atoms with Crippen LogP contribution in [-0.2, 0) is 4.79 Å². The van der Waals surface area contributed by atoms with Crippen LogP contribution >= 0.6 is 0 Å². The lowest BCUT2D eigenvalue weighted by Gasteiger charge is -2.42. The Bertz CT molecular complexity index is 197.